The molecule has 0 radical (unpaired) electrons. The van der Waals surface area contributed by atoms with Gasteiger partial charge in [-0.15, -0.1) is 0 Å². The van der Waals surface area contributed by atoms with Crippen LogP contribution in [0.15, 0.2) is 42.5 Å². The minimum absolute atomic E-state index is 0.127. The first kappa shape index (κ1) is 18.0. The number of hydrogen-bond donors (Lipinski definition) is 0. The zero-order chi connectivity index (χ0) is 18.9. The Balaban J connectivity index is 1.46. The molecule has 0 atom stereocenters. The van der Waals surface area contributed by atoms with Gasteiger partial charge in [0.1, 0.15) is 5.75 Å². The minimum Gasteiger partial charge on any atom is -0.494 e. The van der Waals surface area contributed by atoms with Gasteiger partial charge in [0.15, 0.2) is 0 Å². The third-order valence-electron chi connectivity index (χ3n) is 5.04. The van der Waals surface area contributed by atoms with Crippen LogP contribution in [0.4, 0.5) is 5.69 Å². The lowest BCUT2D eigenvalue weighted by molar-refractivity contribution is -0.256. The average molecular weight is 367 g/mol. The SMILES string of the molecule is Cc1ccc(OCCCN2C(=O)C3(OCCCO3)c3cc(C)ccc32)cc1. The van der Waals surface area contributed by atoms with Gasteiger partial charge in [0.2, 0.25) is 0 Å². The monoisotopic (exact) mass is 367 g/mol. The Morgan fingerprint density at radius 3 is 2.48 bits per heavy atom. The number of hydrogen-bond acceptors (Lipinski definition) is 4. The van der Waals surface area contributed by atoms with E-state index in [9.17, 15) is 4.79 Å². The summed E-state index contributed by atoms with van der Waals surface area (Å²) < 4.78 is 17.6. The zero-order valence-corrected chi connectivity index (χ0v) is 15.9. The summed E-state index contributed by atoms with van der Waals surface area (Å²) in [7, 11) is 0. The van der Waals surface area contributed by atoms with E-state index < -0.39 is 5.79 Å². The van der Waals surface area contributed by atoms with E-state index in [1.165, 1.54) is 5.56 Å². The lowest BCUT2D eigenvalue weighted by Gasteiger charge is -2.32. The minimum atomic E-state index is -1.27. The first-order chi connectivity index (χ1) is 13.1. The maximum atomic E-state index is 13.2. The normalized spacial score (nSPS) is 18.0. The smallest absolute Gasteiger partial charge is 0.292 e. The number of rotatable bonds is 5. The van der Waals surface area contributed by atoms with Crippen LogP contribution < -0.4 is 9.64 Å². The van der Waals surface area contributed by atoms with Crippen molar-refractivity contribution in [1.82, 2.24) is 0 Å². The number of nitrogens with zero attached hydrogens (tertiary/aromatic N) is 1. The predicted octanol–water partition coefficient (Wildman–Crippen LogP) is 3.71. The highest BCUT2D eigenvalue weighted by Crippen LogP contribution is 2.45. The summed E-state index contributed by atoms with van der Waals surface area (Å²) in [5.74, 6) is -0.546. The number of anilines is 1. The van der Waals surface area contributed by atoms with Gasteiger partial charge in [0.25, 0.3) is 11.7 Å². The third-order valence-corrected chi connectivity index (χ3v) is 5.04. The Bertz CT molecular complexity index is 825. The molecule has 2 aliphatic rings. The highest BCUT2D eigenvalue weighted by atomic mass is 16.7. The quantitative estimate of drug-likeness (QED) is 0.756. The van der Waals surface area contributed by atoms with Crippen LogP contribution in [0.2, 0.25) is 0 Å². The molecule has 1 amide bonds. The van der Waals surface area contributed by atoms with Crippen LogP contribution in [-0.4, -0.2) is 32.3 Å². The van der Waals surface area contributed by atoms with E-state index in [4.69, 9.17) is 14.2 Å². The molecule has 0 bridgehead atoms. The van der Waals surface area contributed by atoms with Crippen molar-refractivity contribution in [2.45, 2.75) is 32.5 Å². The largest absolute Gasteiger partial charge is 0.494 e. The molecule has 27 heavy (non-hydrogen) atoms. The van der Waals surface area contributed by atoms with Gasteiger partial charge < -0.3 is 19.1 Å². The molecule has 2 aromatic rings. The predicted molar refractivity (Wildman–Crippen MR) is 103 cm³/mol. The maximum Gasteiger partial charge on any atom is 0.292 e. The van der Waals surface area contributed by atoms with Crippen molar-refractivity contribution in [3.05, 3.63) is 59.2 Å². The molecule has 142 valence electrons. The summed E-state index contributed by atoms with van der Waals surface area (Å²) in [5, 5.41) is 0. The molecule has 0 unspecified atom stereocenters. The molecule has 5 nitrogen and oxygen atoms in total. The summed E-state index contributed by atoms with van der Waals surface area (Å²) in [4.78, 5) is 15.0. The zero-order valence-electron chi connectivity index (χ0n) is 15.9. The third kappa shape index (κ3) is 3.33. The van der Waals surface area contributed by atoms with Gasteiger partial charge in [-0.3, -0.25) is 4.79 Å². The molecule has 0 aliphatic carbocycles. The molecule has 5 heteroatoms. The molecule has 0 saturated carbocycles. The van der Waals surface area contributed by atoms with Crippen molar-refractivity contribution in [2.75, 3.05) is 31.3 Å². The van der Waals surface area contributed by atoms with Gasteiger partial charge in [0.05, 0.1) is 25.5 Å². The number of carbonyl (C=O) groups is 1. The van der Waals surface area contributed by atoms with Crippen molar-refractivity contribution >= 4 is 11.6 Å². The Labute approximate surface area is 159 Å². The van der Waals surface area contributed by atoms with Crippen LogP contribution in [0.5, 0.6) is 5.75 Å². The summed E-state index contributed by atoms with van der Waals surface area (Å²) in [6, 6.07) is 14.0. The second-order valence-electron chi connectivity index (χ2n) is 7.16. The van der Waals surface area contributed by atoms with Gasteiger partial charge >= 0.3 is 0 Å². The molecule has 0 aromatic heterocycles. The van der Waals surface area contributed by atoms with Crippen molar-refractivity contribution in [3.8, 4) is 5.75 Å². The highest BCUT2D eigenvalue weighted by molar-refractivity contribution is 6.06. The van der Waals surface area contributed by atoms with Gasteiger partial charge in [-0.05, 0) is 51.0 Å². The molecule has 2 heterocycles. The highest BCUT2D eigenvalue weighted by Gasteiger charge is 2.54. The summed E-state index contributed by atoms with van der Waals surface area (Å²) in [6.45, 7) is 6.23. The van der Waals surface area contributed by atoms with Crippen molar-refractivity contribution < 1.29 is 19.0 Å². The van der Waals surface area contributed by atoms with Crippen LogP contribution in [0.25, 0.3) is 0 Å². The Hall–Kier alpha value is -2.37. The standard InChI is InChI=1S/C22H25NO4/c1-16-5-8-18(9-6-16)25-12-3-11-23-20-10-7-17(2)15-19(20)22(21(23)24)26-13-4-14-27-22/h5-10,15H,3-4,11-14H2,1-2H3. The lowest BCUT2D eigenvalue weighted by atomic mass is 10.0. The van der Waals surface area contributed by atoms with Gasteiger partial charge in [-0.25, -0.2) is 0 Å². The van der Waals surface area contributed by atoms with E-state index in [-0.39, 0.29) is 5.91 Å². The van der Waals surface area contributed by atoms with Crippen molar-refractivity contribution in [1.29, 1.82) is 0 Å². The molecule has 4 rings (SSSR count). The fraction of sp³-hybridized carbons (Fsp3) is 0.409. The van der Waals surface area contributed by atoms with Crippen LogP contribution in [0.1, 0.15) is 29.5 Å². The van der Waals surface area contributed by atoms with Gasteiger partial charge in [0, 0.05) is 12.1 Å². The second-order valence-corrected chi connectivity index (χ2v) is 7.16. The number of ether oxygens (including phenoxy) is 3. The van der Waals surface area contributed by atoms with Crippen LogP contribution >= 0.6 is 0 Å². The number of benzene rings is 2. The van der Waals surface area contributed by atoms with Gasteiger partial charge in [-0.1, -0.05) is 29.3 Å². The molecular formula is C22H25NO4. The number of fused-ring (bicyclic) bond motifs is 2. The molecule has 1 fully saturated rings. The lowest BCUT2D eigenvalue weighted by Crippen LogP contribution is -2.47. The fourth-order valence-electron chi connectivity index (χ4n) is 3.63. The van der Waals surface area contributed by atoms with E-state index in [2.05, 4.69) is 0 Å². The Kier molecular flexibility index (Phi) is 4.89. The first-order valence-electron chi connectivity index (χ1n) is 9.51. The molecule has 1 spiro atoms. The van der Waals surface area contributed by atoms with Gasteiger partial charge in [-0.2, -0.15) is 0 Å². The van der Waals surface area contributed by atoms with Crippen molar-refractivity contribution in [3.63, 3.8) is 0 Å². The van der Waals surface area contributed by atoms with E-state index in [0.717, 1.165) is 35.4 Å². The van der Waals surface area contributed by atoms with E-state index >= 15 is 0 Å². The molecule has 2 aliphatic heterocycles. The van der Waals surface area contributed by atoms with Crippen LogP contribution in [0, 0.1) is 13.8 Å². The van der Waals surface area contributed by atoms with E-state index in [1.54, 1.807) is 4.90 Å². The average Bonchev–Trinajstić information content (AvgIpc) is 2.89. The Morgan fingerprint density at radius 2 is 1.74 bits per heavy atom. The molecule has 2 aromatic carbocycles. The number of amides is 1. The topological polar surface area (TPSA) is 48.0 Å². The summed E-state index contributed by atoms with van der Waals surface area (Å²) in [6.07, 6.45) is 1.53. The maximum absolute atomic E-state index is 13.2. The number of carbonyl (C=O) groups excluding carboxylic acids is 1. The number of aryl methyl sites for hydroxylation is 2. The van der Waals surface area contributed by atoms with Crippen molar-refractivity contribution in [2.24, 2.45) is 0 Å². The summed E-state index contributed by atoms with van der Waals surface area (Å²) >= 11 is 0. The van der Waals surface area contributed by atoms with Crippen LogP contribution in [-0.2, 0) is 20.1 Å². The Morgan fingerprint density at radius 1 is 1.04 bits per heavy atom. The summed E-state index contributed by atoms with van der Waals surface area (Å²) in [5.41, 5.74) is 3.99. The van der Waals surface area contributed by atoms with E-state index in [0.29, 0.717) is 26.4 Å². The fourth-order valence-corrected chi connectivity index (χ4v) is 3.63. The molecule has 1 saturated heterocycles. The first-order valence-corrected chi connectivity index (χ1v) is 9.51. The van der Waals surface area contributed by atoms with E-state index in [1.807, 2.05) is 56.3 Å². The molecule has 0 N–H and O–H groups in total. The molecular weight excluding hydrogens is 342 g/mol. The van der Waals surface area contributed by atoms with Crippen LogP contribution in [0.3, 0.4) is 0 Å². The second kappa shape index (κ2) is 7.33.